The monoisotopic (exact) mass is 276 g/mol. The largest absolute Gasteiger partial charge is 0.369 e. The van der Waals surface area contributed by atoms with Crippen LogP contribution in [0.25, 0.3) is 0 Å². The molecule has 11 heteroatoms. The zero-order valence-electron chi connectivity index (χ0n) is 7.62. The normalized spacial score (nSPS) is 33.1. The number of hydrogen-bond acceptors (Lipinski definition) is 8. The van der Waals surface area contributed by atoms with Gasteiger partial charge in [-0.25, -0.2) is 14.0 Å². The minimum Gasteiger partial charge on any atom is -0.342 e. The van der Waals surface area contributed by atoms with E-state index in [9.17, 15) is 30.8 Å². The van der Waals surface area contributed by atoms with Crippen molar-refractivity contribution in [3.8, 4) is 0 Å². The molecule has 1 heterocycles. The lowest BCUT2D eigenvalue weighted by Gasteiger charge is -2.16. The molecule has 0 aromatic carbocycles. The van der Waals surface area contributed by atoms with Crippen LogP contribution in [0.1, 0.15) is 6.92 Å². The molecule has 0 aromatic heterocycles. The molecule has 0 bridgehead atoms. The SMILES string of the molecule is CC1C(=O)OS(=O)(=O)C(F)S(=O)(=O)OC1=O. The van der Waals surface area contributed by atoms with Gasteiger partial charge in [-0.2, -0.15) is 16.8 Å². The maximum atomic E-state index is 12.9. The van der Waals surface area contributed by atoms with Crippen molar-refractivity contribution in [1.82, 2.24) is 0 Å². The van der Waals surface area contributed by atoms with E-state index in [-0.39, 0.29) is 0 Å². The van der Waals surface area contributed by atoms with Crippen molar-refractivity contribution in [2.24, 2.45) is 5.92 Å². The first-order valence-corrected chi connectivity index (χ1v) is 6.60. The van der Waals surface area contributed by atoms with Crippen molar-refractivity contribution in [3.63, 3.8) is 0 Å². The van der Waals surface area contributed by atoms with Crippen molar-refractivity contribution < 1.29 is 39.2 Å². The van der Waals surface area contributed by atoms with Gasteiger partial charge < -0.3 is 8.37 Å². The van der Waals surface area contributed by atoms with Gasteiger partial charge in [-0.1, -0.05) is 0 Å². The third kappa shape index (κ3) is 2.14. The molecule has 0 N–H and O–H groups in total. The van der Waals surface area contributed by atoms with Crippen LogP contribution in [0.4, 0.5) is 4.39 Å². The zero-order chi connectivity index (χ0) is 12.7. The lowest BCUT2D eigenvalue weighted by atomic mass is 10.2. The maximum Gasteiger partial charge on any atom is 0.369 e. The van der Waals surface area contributed by atoms with Crippen LogP contribution in [-0.2, 0) is 38.2 Å². The number of carbonyl (C=O) groups is 2. The second-order valence-corrected chi connectivity index (χ2v) is 6.22. The van der Waals surface area contributed by atoms with Gasteiger partial charge >= 0.3 is 37.0 Å². The molecule has 8 nitrogen and oxygen atoms in total. The predicted molar refractivity (Wildman–Crippen MR) is 44.1 cm³/mol. The van der Waals surface area contributed by atoms with Gasteiger partial charge in [-0.05, 0) is 6.92 Å². The molecule has 0 amide bonds. The number of rotatable bonds is 0. The molecule has 1 aliphatic rings. The summed E-state index contributed by atoms with van der Waals surface area (Å²) < 4.78 is 63.5. The molecule has 0 aromatic rings. The first kappa shape index (κ1) is 12.8. The van der Waals surface area contributed by atoms with Gasteiger partial charge in [0, 0.05) is 0 Å². The van der Waals surface area contributed by atoms with Crippen LogP contribution in [-0.4, -0.2) is 33.6 Å². The first-order valence-electron chi connectivity index (χ1n) is 3.66. The summed E-state index contributed by atoms with van der Waals surface area (Å²) in [5.41, 5.74) is 0. The molecule has 1 saturated heterocycles. The van der Waals surface area contributed by atoms with E-state index < -0.39 is 42.9 Å². The van der Waals surface area contributed by atoms with Crippen LogP contribution in [0, 0.1) is 5.92 Å². The van der Waals surface area contributed by atoms with Gasteiger partial charge in [0.05, 0.1) is 0 Å². The van der Waals surface area contributed by atoms with E-state index in [1.165, 1.54) is 0 Å². The zero-order valence-corrected chi connectivity index (χ0v) is 9.25. The minimum atomic E-state index is -5.32. The summed E-state index contributed by atoms with van der Waals surface area (Å²) in [6.45, 7) is 0.855. The highest BCUT2D eigenvalue weighted by molar-refractivity contribution is 8.04. The van der Waals surface area contributed by atoms with E-state index in [1.807, 2.05) is 0 Å². The first-order chi connectivity index (χ1) is 7.08. The van der Waals surface area contributed by atoms with Gasteiger partial charge in [0.25, 0.3) is 0 Å². The fraction of sp³-hybridized carbons (Fsp3) is 0.600. The predicted octanol–water partition coefficient (Wildman–Crippen LogP) is -1.36. The maximum absolute atomic E-state index is 12.9. The summed E-state index contributed by atoms with van der Waals surface area (Å²) in [7, 11) is -10.6. The van der Waals surface area contributed by atoms with Crippen LogP contribution in [0.3, 0.4) is 0 Å². The van der Waals surface area contributed by atoms with Crippen molar-refractivity contribution in [3.05, 3.63) is 0 Å². The summed E-state index contributed by atoms with van der Waals surface area (Å²) in [4.78, 5) is 18.1. The topological polar surface area (TPSA) is 121 Å². The Balaban J connectivity index is 3.31. The van der Waals surface area contributed by atoms with E-state index in [2.05, 4.69) is 8.37 Å². The van der Waals surface area contributed by atoms with Crippen LogP contribution < -0.4 is 0 Å². The third-order valence-corrected chi connectivity index (χ3v) is 4.67. The van der Waals surface area contributed by atoms with Crippen molar-refractivity contribution in [2.75, 3.05) is 0 Å². The van der Waals surface area contributed by atoms with E-state index in [0.29, 0.717) is 0 Å². The fourth-order valence-electron chi connectivity index (χ4n) is 0.690. The molecule has 0 unspecified atom stereocenters. The molecule has 1 rings (SSSR count). The second kappa shape index (κ2) is 3.66. The molecular formula is C5H5FO8S2. The number of halogens is 1. The van der Waals surface area contributed by atoms with E-state index in [0.717, 1.165) is 6.92 Å². The Morgan fingerprint density at radius 3 is 1.62 bits per heavy atom. The number of carbonyl (C=O) groups excluding carboxylic acids is 2. The molecular weight excluding hydrogens is 271 g/mol. The van der Waals surface area contributed by atoms with Crippen LogP contribution >= 0.6 is 0 Å². The molecule has 0 saturated carbocycles. The summed E-state index contributed by atoms with van der Waals surface area (Å²) in [6, 6.07) is 0. The van der Waals surface area contributed by atoms with Crippen molar-refractivity contribution in [2.45, 2.75) is 11.8 Å². The van der Waals surface area contributed by atoms with Crippen LogP contribution in [0.15, 0.2) is 0 Å². The highest BCUT2D eigenvalue weighted by Crippen LogP contribution is 2.21. The molecule has 1 aliphatic heterocycles. The van der Waals surface area contributed by atoms with Crippen molar-refractivity contribution >= 4 is 32.2 Å². The molecule has 16 heavy (non-hydrogen) atoms. The van der Waals surface area contributed by atoms with Crippen LogP contribution in [0.5, 0.6) is 0 Å². The summed E-state index contributed by atoms with van der Waals surface area (Å²) in [6.07, 6.45) is 0. The van der Waals surface area contributed by atoms with Gasteiger partial charge in [-0.15, -0.1) is 0 Å². The van der Waals surface area contributed by atoms with Crippen LogP contribution in [0.2, 0.25) is 0 Å². The fourth-order valence-corrected chi connectivity index (χ4v) is 2.98. The lowest BCUT2D eigenvalue weighted by molar-refractivity contribution is -0.150. The summed E-state index contributed by atoms with van der Waals surface area (Å²) in [5, 5.41) is 0. The Hall–Kier alpha value is -1.23. The molecule has 1 fully saturated rings. The Bertz CT molecular complexity index is 483. The molecule has 92 valence electrons. The summed E-state index contributed by atoms with van der Waals surface area (Å²) >= 11 is 0. The Morgan fingerprint density at radius 2 is 1.31 bits per heavy atom. The standard InChI is InChI=1S/C5H5FO8S2/c1-2-3(7)13-15(9,10)5(6)16(11,12)14-4(2)8/h2,5H,1H3. The van der Waals surface area contributed by atoms with E-state index in [4.69, 9.17) is 0 Å². The Labute approximate surface area is 89.6 Å². The number of alkyl halides is 1. The Morgan fingerprint density at radius 1 is 1.00 bits per heavy atom. The van der Waals surface area contributed by atoms with Gasteiger partial charge in [0.15, 0.2) is 5.92 Å². The average Bonchev–Trinajstić information content (AvgIpc) is 2.12. The quantitative estimate of drug-likeness (QED) is 0.392. The second-order valence-electron chi connectivity index (χ2n) is 2.79. The Kier molecular flexibility index (Phi) is 2.94. The van der Waals surface area contributed by atoms with E-state index >= 15 is 0 Å². The molecule has 0 radical (unpaired) electrons. The molecule has 0 atom stereocenters. The lowest BCUT2D eigenvalue weighted by Crippen LogP contribution is -2.40. The number of hydrogen-bond donors (Lipinski definition) is 0. The highest BCUT2D eigenvalue weighted by atomic mass is 32.3. The van der Waals surface area contributed by atoms with E-state index in [1.54, 1.807) is 0 Å². The highest BCUT2D eigenvalue weighted by Gasteiger charge is 2.48. The molecule has 0 spiro atoms. The van der Waals surface area contributed by atoms with Crippen molar-refractivity contribution in [1.29, 1.82) is 0 Å². The minimum absolute atomic E-state index is 0.855. The summed E-state index contributed by atoms with van der Waals surface area (Å²) in [5.74, 6) is -5.00. The average molecular weight is 276 g/mol. The third-order valence-electron chi connectivity index (χ3n) is 1.56. The van der Waals surface area contributed by atoms with Gasteiger partial charge in [-0.3, -0.25) is 0 Å². The van der Waals surface area contributed by atoms with Gasteiger partial charge in [0.1, 0.15) is 0 Å². The molecule has 0 aliphatic carbocycles. The smallest absolute Gasteiger partial charge is 0.342 e. The van der Waals surface area contributed by atoms with Gasteiger partial charge in [0.2, 0.25) is 0 Å².